The summed E-state index contributed by atoms with van der Waals surface area (Å²) in [6.07, 6.45) is 2.28. The standard InChI is InChI=1S/C21H28N4O5S2/c1-14(26)22-15-3-5-17(6-4-15)32(29,30)24-11-8-16(9-12-24)23-20(28)18-13-31-21(2)10-7-19(27)25(18)21/h3-6,16,18H,7-13H2,1-2H3,(H,22,26)(H,23,28)/t18-,21-/m1/s1. The molecule has 3 fully saturated rings. The van der Waals surface area contributed by atoms with E-state index in [0.29, 0.717) is 43.8 Å². The molecule has 9 nitrogen and oxygen atoms in total. The van der Waals surface area contributed by atoms with Crippen LogP contribution >= 0.6 is 11.8 Å². The molecule has 0 aliphatic carbocycles. The predicted molar refractivity (Wildman–Crippen MR) is 121 cm³/mol. The number of amides is 3. The number of hydrogen-bond acceptors (Lipinski definition) is 6. The van der Waals surface area contributed by atoms with Crippen LogP contribution in [0, 0.1) is 0 Å². The van der Waals surface area contributed by atoms with Crippen molar-refractivity contribution in [3.8, 4) is 0 Å². The minimum absolute atomic E-state index is 0.0306. The second-order valence-electron chi connectivity index (χ2n) is 8.66. The Morgan fingerprint density at radius 2 is 1.81 bits per heavy atom. The van der Waals surface area contributed by atoms with Gasteiger partial charge in [-0.15, -0.1) is 11.8 Å². The quantitative estimate of drug-likeness (QED) is 0.658. The van der Waals surface area contributed by atoms with Gasteiger partial charge in [-0.3, -0.25) is 14.4 Å². The number of fused-ring (bicyclic) bond motifs is 1. The van der Waals surface area contributed by atoms with E-state index in [9.17, 15) is 22.8 Å². The number of thioether (sulfide) groups is 1. The van der Waals surface area contributed by atoms with Crippen LogP contribution in [0.25, 0.3) is 0 Å². The van der Waals surface area contributed by atoms with Crippen molar-refractivity contribution in [3.63, 3.8) is 0 Å². The van der Waals surface area contributed by atoms with Crippen LogP contribution < -0.4 is 10.6 Å². The van der Waals surface area contributed by atoms with Crippen LogP contribution in [-0.2, 0) is 24.4 Å². The smallest absolute Gasteiger partial charge is 0.243 e. The van der Waals surface area contributed by atoms with Crippen molar-refractivity contribution in [3.05, 3.63) is 24.3 Å². The summed E-state index contributed by atoms with van der Waals surface area (Å²) < 4.78 is 27.3. The zero-order valence-corrected chi connectivity index (χ0v) is 19.8. The molecule has 0 spiro atoms. The summed E-state index contributed by atoms with van der Waals surface area (Å²) in [5.41, 5.74) is 0.538. The molecule has 1 aromatic rings. The van der Waals surface area contributed by atoms with E-state index in [2.05, 4.69) is 10.6 Å². The van der Waals surface area contributed by atoms with Crippen LogP contribution in [-0.4, -0.2) is 71.1 Å². The third-order valence-electron chi connectivity index (χ3n) is 6.36. The van der Waals surface area contributed by atoms with E-state index in [1.165, 1.54) is 23.4 Å². The highest BCUT2D eigenvalue weighted by Crippen LogP contribution is 2.47. The highest BCUT2D eigenvalue weighted by Gasteiger charge is 2.53. The molecular weight excluding hydrogens is 452 g/mol. The van der Waals surface area contributed by atoms with E-state index in [1.54, 1.807) is 28.8 Å². The number of hydrogen-bond donors (Lipinski definition) is 2. The number of carbonyl (C=O) groups is 3. The van der Waals surface area contributed by atoms with Crippen molar-refractivity contribution in [1.82, 2.24) is 14.5 Å². The third kappa shape index (κ3) is 4.38. The van der Waals surface area contributed by atoms with Gasteiger partial charge in [0.15, 0.2) is 0 Å². The average molecular weight is 481 g/mol. The number of nitrogens with zero attached hydrogens (tertiary/aromatic N) is 2. The van der Waals surface area contributed by atoms with Gasteiger partial charge in [0.1, 0.15) is 6.04 Å². The summed E-state index contributed by atoms with van der Waals surface area (Å²) in [6, 6.07) is 5.52. The molecule has 4 rings (SSSR count). The lowest BCUT2D eigenvalue weighted by Gasteiger charge is -2.34. The van der Waals surface area contributed by atoms with Crippen molar-refractivity contribution in [2.24, 2.45) is 0 Å². The molecule has 3 amide bonds. The summed E-state index contributed by atoms with van der Waals surface area (Å²) in [6.45, 7) is 4.02. The highest BCUT2D eigenvalue weighted by atomic mass is 32.2. The average Bonchev–Trinajstić information content (AvgIpc) is 3.24. The van der Waals surface area contributed by atoms with Gasteiger partial charge in [0.05, 0.1) is 9.77 Å². The number of benzene rings is 1. The first kappa shape index (κ1) is 23.1. The fourth-order valence-corrected chi connectivity index (χ4v) is 7.52. The summed E-state index contributed by atoms with van der Waals surface area (Å²) in [5.74, 6) is 0.254. The van der Waals surface area contributed by atoms with Gasteiger partial charge in [-0.05, 0) is 50.5 Å². The van der Waals surface area contributed by atoms with Gasteiger partial charge in [0, 0.05) is 43.9 Å². The summed E-state index contributed by atoms with van der Waals surface area (Å²) in [5, 5.41) is 5.66. The summed E-state index contributed by atoms with van der Waals surface area (Å²) >= 11 is 1.66. The number of piperidine rings is 1. The second kappa shape index (κ2) is 8.68. The molecule has 3 heterocycles. The summed E-state index contributed by atoms with van der Waals surface area (Å²) in [7, 11) is -3.65. The van der Waals surface area contributed by atoms with E-state index >= 15 is 0 Å². The number of carbonyl (C=O) groups excluding carboxylic acids is 3. The third-order valence-corrected chi connectivity index (χ3v) is 9.78. The summed E-state index contributed by atoms with van der Waals surface area (Å²) in [4.78, 5) is 37.9. The lowest BCUT2D eigenvalue weighted by Crippen LogP contribution is -2.54. The van der Waals surface area contributed by atoms with Crippen molar-refractivity contribution < 1.29 is 22.8 Å². The van der Waals surface area contributed by atoms with Gasteiger partial charge in [-0.25, -0.2) is 8.42 Å². The number of anilines is 1. The molecule has 0 unspecified atom stereocenters. The molecule has 11 heteroatoms. The van der Waals surface area contributed by atoms with Crippen LogP contribution in [0.3, 0.4) is 0 Å². The Kier molecular flexibility index (Phi) is 6.25. The van der Waals surface area contributed by atoms with Crippen LogP contribution in [0.4, 0.5) is 5.69 Å². The molecule has 0 bridgehead atoms. The Bertz CT molecular complexity index is 1020. The molecule has 2 N–H and O–H groups in total. The fraction of sp³-hybridized carbons (Fsp3) is 0.571. The molecule has 3 saturated heterocycles. The lowest BCUT2D eigenvalue weighted by atomic mass is 10.1. The Balaban J connectivity index is 1.33. The number of nitrogens with one attached hydrogen (secondary N) is 2. The Morgan fingerprint density at radius 1 is 1.16 bits per heavy atom. The van der Waals surface area contributed by atoms with Gasteiger partial charge in [-0.1, -0.05) is 0 Å². The fourth-order valence-electron chi connectivity index (χ4n) is 4.62. The normalized spacial score (nSPS) is 26.8. The molecule has 2 atom stereocenters. The Morgan fingerprint density at radius 3 is 2.44 bits per heavy atom. The van der Waals surface area contributed by atoms with Gasteiger partial charge >= 0.3 is 0 Å². The van der Waals surface area contributed by atoms with Crippen molar-refractivity contribution >= 4 is 45.2 Å². The van der Waals surface area contributed by atoms with Gasteiger partial charge in [0.2, 0.25) is 27.7 Å². The molecule has 0 saturated carbocycles. The first-order valence-corrected chi connectivity index (χ1v) is 13.2. The largest absolute Gasteiger partial charge is 0.351 e. The van der Waals surface area contributed by atoms with E-state index in [4.69, 9.17) is 0 Å². The molecule has 3 aliphatic rings. The lowest BCUT2D eigenvalue weighted by molar-refractivity contribution is -0.138. The molecule has 0 radical (unpaired) electrons. The van der Waals surface area contributed by atoms with Crippen molar-refractivity contribution in [1.29, 1.82) is 0 Å². The topological polar surface area (TPSA) is 116 Å². The number of rotatable bonds is 5. The highest BCUT2D eigenvalue weighted by molar-refractivity contribution is 8.01. The molecule has 32 heavy (non-hydrogen) atoms. The van der Waals surface area contributed by atoms with E-state index in [1.807, 2.05) is 6.92 Å². The van der Waals surface area contributed by atoms with Crippen molar-refractivity contribution in [2.45, 2.75) is 61.4 Å². The SMILES string of the molecule is CC(=O)Nc1ccc(S(=O)(=O)N2CCC(NC(=O)[C@H]3CS[C@]4(C)CCC(=O)N34)CC2)cc1. The first-order chi connectivity index (χ1) is 15.1. The van der Waals surface area contributed by atoms with Gasteiger partial charge < -0.3 is 15.5 Å². The van der Waals surface area contributed by atoms with Crippen LogP contribution in [0.15, 0.2) is 29.2 Å². The van der Waals surface area contributed by atoms with E-state index < -0.39 is 16.1 Å². The molecule has 1 aromatic carbocycles. The molecule has 174 valence electrons. The Labute approximate surface area is 192 Å². The second-order valence-corrected chi connectivity index (χ2v) is 12.1. The van der Waals surface area contributed by atoms with E-state index in [-0.39, 0.29) is 33.5 Å². The molecule has 3 aliphatic heterocycles. The van der Waals surface area contributed by atoms with Crippen LogP contribution in [0.2, 0.25) is 0 Å². The maximum atomic E-state index is 13.0. The van der Waals surface area contributed by atoms with Crippen LogP contribution in [0.1, 0.15) is 39.5 Å². The van der Waals surface area contributed by atoms with E-state index in [0.717, 1.165) is 6.42 Å². The Hall–Kier alpha value is -2.11. The maximum absolute atomic E-state index is 13.0. The van der Waals surface area contributed by atoms with Crippen molar-refractivity contribution in [2.75, 3.05) is 24.2 Å². The predicted octanol–water partition coefficient (Wildman–Crippen LogP) is 1.37. The minimum Gasteiger partial charge on any atom is -0.351 e. The van der Waals surface area contributed by atoms with Gasteiger partial charge in [-0.2, -0.15) is 4.31 Å². The maximum Gasteiger partial charge on any atom is 0.243 e. The minimum atomic E-state index is -3.65. The number of sulfonamides is 1. The zero-order valence-electron chi connectivity index (χ0n) is 18.2. The molecular formula is C21H28N4O5S2. The van der Waals surface area contributed by atoms with Gasteiger partial charge in [0.25, 0.3) is 0 Å². The first-order valence-electron chi connectivity index (χ1n) is 10.7. The molecule has 0 aromatic heterocycles. The van der Waals surface area contributed by atoms with Crippen LogP contribution in [0.5, 0.6) is 0 Å². The monoisotopic (exact) mass is 480 g/mol. The zero-order chi connectivity index (χ0) is 23.1.